The first kappa shape index (κ1) is 16.4. The van der Waals surface area contributed by atoms with Gasteiger partial charge in [0.15, 0.2) is 0 Å². The number of aliphatic hydroxyl groups excluding tert-OH is 1. The van der Waals surface area contributed by atoms with Crippen LogP contribution in [0.25, 0.3) is 0 Å². The number of hydrogen-bond acceptors (Lipinski definition) is 4. The lowest BCUT2D eigenvalue weighted by atomic mass is 10.1. The van der Waals surface area contributed by atoms with Crippen molar-refractivity contribution >= 4 is 5.91 Å². The van der Waals surface area contributed by atoms with Gasteiger partial charge in [0.2, 0.25) is 5.91 Å². The molecule has 0 unspecified atom stereocenters. The maximum atomic E-state index is 12.6. The van der Waals surface area contributed by atoms with Crippen molar-refractivity contribution in [3.63, 3.8) is 0 Å². The standard InChI is InChI=1S/C18H27N3O2/c1-19-9-5-8-16(19)18(23)21-12-10-20(11-13-21)14-17(22)15-6-3-2-4-7-15/h2-4,6-7,16-17,22H,5,8-14H2,1H3/t16-,17+/m0/s1. The van der Waals surface area contributed by atoms with E-state index in [1.165, 1.54) is 0 Å². The minimum atomic E-state index is -0.459. The van der Waals surface area contributed by atoms with Crippen LogP contribution in [-0.4, -0.2) is 78.1 Å². The van der Waals surface area contributed by atoms with Crippen LogP contribution in [0, 0.1) is 0 Å². The van der Waals surface area contributed by atoms with Gasteiger partial charge in [-0.3, -0.25) is 14.6 Å². The number of amides is 1. The molecule has 1 aromatic rings. The summed E-state index contributed by atoms with van der Waals surface area (Å²) < 4.78 is 0. The van der Waals surface area contributed by atoms with Crippen LogP contribution in [0.1, 0.15) is 24.5 Å². The van der Waals surface area contributed by atoms with E-state index in [9.17, 15) is 9.90 Å². The Bertz CT molecular complexity index is 514. The molecule has 2 aliphatic rings. The number of likely N-dealkylation sites (N-methyl/N-ethyl adjacent to an activating group) is 1. The van der Waals surface area contributed by atoms with Gasteiger partial charge in [-0.15, -0.1) is 0 Å². The van der Waals surface area contributed by atoms with E-state index in [1.807, 2.05) is 42.3 Å². The molecule has 23 heavy (non-hydrogen) atoms. The summed E-state index contributed by atoms with van der Waals surface area (Å²) >= 11 is 0. The van der Waals surface area contributed by atoms with Crippen LogP contribution in [0.15, 0.2) is 30.3 Å². The maximum Gasteiger partial charge on any atom is 0.240 e. The van der Waals surface area contributed by atoms with Gasteiger partial charge in [0.25, 0.3) is 0 Å². The van der Waals surface area contributed by atoms with Crippen LogP contribution in [0.3, 0.4) is 0 Å². The predicted molar refractivity (Wildman–Crippen MR) is 90.1 cm³/mol. The molecule has 2 atom stereocenters. The Morgan fingerprint density at radius 2 is 1.87 bits per heavy atom. The van der Waals surface area contributed by atoms with Gasteiger partial charge in [0.05, 0.1) is 12.1 Å². The summed E-state index contributed by atoms with van der Waals surface area (Å²) in [6, 6.07) is 9.86. The number of nitrogens with zero attached hydrogens (tertiary/aromatic N) is 3. The van der Waals surface area contributed by atoms with Crippen LogP contribution in [-0.2, 0) is 4.79 Å². The van der Waals surface area contributed by atoms with E-state index in [4.69, 9.17) is 0 Å². The SMILES string of the molecule is CN1CCC[C@H]1C(=O)N1CCN(C[C@@H](O)c2ccccc2)CC1. The third-order valence-corrected chi connectivity index (χ3v) is 5.10. The van der Waals surface area contributed by atoms with E-state index in [2.05, 4.69) is 9.80 Å². The smallest absolute Gasteiger partial charge is 0.240 e. The lowest BCUT2D eigenvalue weighted by Gasteiger charge is -2.37. The van der Waals surface area contributed by atoms with E-state index in [0.29, 0.717) is 6.54 Å². The van der Waals surface area contributed by atoms with Crippen LogP contribution >= 0.6 is 0 Å². The van der Waals surface area contributed by atoms with Gasteiger partial charge in [-0.25, -0.2) is 0 Å². The molecule has 0 saturated carbocycles. The number of rotatable bonds is 4. The fourth-order valence-corrected chi connectivity index (χ4v) is 3.61. The number of likely N-dealkylation sites (tertiary alicyclic amines) is 1. The minimum Gasteiger partial charge on any atom is -0.387 e. The highest BCUT2D eigenvalue weighted by Crippen LogP contribution is 2.19. The monoisotopic (exact) mass is 317 g/mol. The second-order valence-electron chi connectivity index (χ2n) is 6.69. The molecule has 5 heteroatoms. The average molecular weight is 317 g/mol. The first-order valence-electron chi connectivity index (χ1n) is 8.59. The summed E-state index contributed by atoms with van der Waals surface area (Å²) in [7, 11) is 2.04. The Kier molecular flexibility index (Phi) is 5.30. The molecule has 0 bridgehead atoms. The van der Waals surface area contributed by atoms with E-state index in [-0.39, 0.29) is 11.9 Å². The largest absolute Gasteiger partial charge is 0.387 e. The summed E-state index contributed by atoms with van der Waals surface area (Å²) in [5.41, 5.74) is 0.957. The highest BCUT2D eigenvalue weighted by molar-refractivity contribution is 5.82. The molecule has 126 valence electrons. The molecule has 5 nitrogen and oxygen atoms in total. The van der Waals surface area contributed by atoms with Crippen molar-refractivity contribution in [3.05, 3.63) is 35.9 Å². The average Bonchev–Trinajstić information content (AvgIpc) is 3.02. The van der Waals surface area contributed by atoms with Crippen molar-refractivity contribution < 1.29 is 9.90 Å². The molecule has 0 radical (unpaired) electrons. The van der Waals surface area contributed by atoms with Gasteiger partial charge in [0.1, 0.15) is 0 Å². The highest BCUT2D eigenvalue weighted by atomic mass is 16.3. The molecule has 0 aromatic heterocycles. The van der Waals surface area contributed by atoms with E-state index in [0.717, 1.165) is 51.1 Å². The third kappa shape index (κ3) is 3.91. The number of benzene rings is 1. The molecule has 2 saturated heterocycles. The Hall–Kier alpha value is -1.43. The molecule has 1 N–H and O–H groups in total. The van der Waals surface area contributed by atoms with Crippen LogP contribution in [0.5, 0.6) is 0 Å². The molecule has 2 heterocycles. The first-order valence-corrected chi connectivity index (χ1v) is 8.59. The molecule has 1 amide bonds. The summed E-state index contributed by atoms with van der Waals surface area (Å²) in [4.78, 5) is 19.0. The Balaban J connectivity index is 1.48. The number of piperazine rings is 1. The zero-order chi connectivity index (χ0) is 16.2. The van der Waals surface area contributed by atoms with Crippen molar-refractivity contribution in [2.45, 2.75) is 25.0 Å². The minimum absolute atomic E-state index is 0.0801. The van der Waals surface area contributed by atoms with Crippen LogP contribution < -0.4 is 0 Å². The summed E-state index contributed by atoms with van der Waals surface area (Å²) in [6.07, 6.45) is 1.65. The number of β-amino-alcohol motifs (C(OH)–C–C–N with tert-alkyl or cyclic N) is 1. The van der Waals surface area contributed by atoms with Crippen molar-refractivity contribution in [2.24, 2.45) is 0 Å². The topological polar surface area (TPSA) is 47.0 Å². The number of hydrogen-bond donors (Lipinski definition) is 1. The number of carbonyl (C=O) groups is 1. The van der Waals surface area contributed by atoms with Crippen molar-refractivity contribution in [1.82, 2.24) is 14.7 Å². The molecule has 0 aliphatic carbocycles. The quantitative estimate of drug-likeness (QED) is 0.898. The Labute approximate surface area is 138 Å². The maximum absolute atomic E-state index is 12.6. The first-order chi connectivity index (χ1) is 11.1. The summed E-state index contributed by atoms with van der Waals surface area (Å²) in [6.45, 7) is 4.88. The molecule has 3 rings (SSSR count). The predicted octanol–water partition coefficient (Wildman–Crippen LogP) is 0.958. The molecular formula is C18H27N3O2. The second-order valence-corrected chi connectivity index (χ2v) is 6.69. The van der Waals surface area contributed by atoms with Crippen molar-refractivity contribution in [3.8, 4) is 0 Å². The summed E-state index contributed by atoms with van der Waals surface area (Å²) in [5.74, 6) is 0.285. The lowest BCUT2D eigenvalue weighted by molar-refractivity contribution is -0.137. The van der Waals surface area contributed by atoms with E-state index < -0.39 is 6.10 Å². The number of aliphatic hydroxyl groups is 1. The van der Waals surface area contributed by atoms with E-state index >= 15 is 0 Å². The summed E-state index contributed by atoms with van der Waals surface area (Å²) in [5, 5.41) is 10.3. The van der Waals surface area contributed by atoms with E-state index in [1.54, 1.807) is 0 Å². The highest BCUT2D eigenvalue weighted by Gasteiger charge is 2.32. The van der Waals surface area contributed by atoms with Gasteiger partial charge in [-0.05, 0) is 32.0 Å². The van der Waals surface area contributed by atoms with Gasteiger partial charge < -0.3 is 10.0 Å². The normalized spacial score (nSPS) is 24.8. The van der Waals surface area contributed by atoms with Gasteiger partial charge in [0, 0.05) is 32.7 Å². The van der Waals surface area contributed by atoms with Crippen molar-refractivity contribution in [1.29, 1.82) is 0 Å². The van der Waals surface area contributed by atoms with Crippen LogP contribution in [0.4, 0.5) is 0 Å². The zero-order valence-electron chi connectivity index (χ0n) is 13.9. The fourth-order valence-electron chi connectivity index (χ4n) is 3.61. The van der Waals surface area contributed by atoms with Crippen LogP contribution in [0.2, 0.25) is 0 Å². The van der Waals surface area contributed by atoms with Crippen molar-refractivity contribution in [2.75, 3.05) is 46.3 Å². The fraction of sp³-hybridized carbons (Fsp3) is 0.611. The second kappa shape index (κ2) is 7.43. The number of carbonyl (C=O) groups excluding carboxylic acids is 1. The Morgan fingerprint density at radius 1 is 1.17 bits per heavy atom. The third-order valence-electron chi connectivity index (χ3n) is 5.10. The van der Waals surface area contributed by atoms with Gasteiger partial charge >= 0.3 is 0 Å². The molecule has 2 fully saturated rings. The van der Waals surface area contributed by atoms with Gasteiger partial charge in [-0.1, -0.05) is 30.3 Å². The molecule has 0 spiro atoms. The molecule has 1 aromatic carbocycles. The lowest BCUT2D eigenvalue weighted by Crippen LogP contribution is -2.53. The zero-order valence-corrected chi connectivity index (χ0v) is 13.9. The Morgan fingerprint density at radius 3 is 2.48 bits per heavy atom. The molecular weight excluding hydrogens is 290 g/mol. The molecule has 2 aliphatic heterocycles. The van der Waals surface area contributed by atoms with Gasteiger partial charge in [-0.2, -0.15) is 0 Å².